The van der Waals surface area contributed by atoms with E-state index < -0.39 is 23.9 Å². The predicted molar refractivity (Wildman–Crippen MR) is 57.3 cm³/mol. The molecule has 0 saturated heterocycles. The van der Waals surface area contributed by atoms with Gasteiger partial charge >= 0.3 is 37.7 Å². The van der Waals surface area contributed by atoms with Crippen LogP contribution in [0.5, 0.6) is 0 Å². The molecule has 0 bridgehead atoms. The summed E-state index contributed by atoms with van der Waals surface area (Å²) >= 11 is 0. The van der Waals surface area contributed by atoms with Crippen LogP contribution in [0.25, 0.3) is 0 Å². The fraction of sp³-hybridized carbons (Fsp3) is 0.500. The summed E-state index contributed by atoms with van der Waals surface area (Å²) in [7, 11) is 0. The maximum atomic E-state index is 9.00. The third kappa shape index (κ3) is 3700. The number of aliphatic carboxylic acids is 4. The Morgan fingerprint density at radius 3 is 0.722 bits per heavy atom. The Hall–Kier alpha value is -0.900. The monoisotopic (exact) mass is 296 g/mol. The van der Waals surface area contributed by atoms with Crippen LogP contribution in [-0.4, -0.2) is 77.3 Å². The van der Waals surface area contributed by atoms with Crippen molar-refractivity contribution in [1.29, 1.82) is 0 Å². The average Bonchev–Trinajstić information content (AvgIpc) is 1.76. The minimum Gasteiger partial charge on any atom is -0.550 e. The zero-order chi connectivity index (χ0) is 14.3. The van der Waals surface area contributed by atoms with Crippen molar-refractivity contribution in [3.8, 4) is 0 Å². The summed E-state index contributed by atoms with van der Waals surface area (Å²) in [6.45, 7) is 4.11. The number of hydrogen-bond donors (Lipinski definition) is 2. The van der Waals surface area contributed by atoms with E-state index in [1.165, 1.54) is 0 Å². The van der Waals surface area contributed by atoms with Crippen molar-refractivity contribution in [3.63, 3.8) is 0 Å². The molecule has 0 aliphatic heterocycles. The first-order valence-corrected chi connectivity index (χ1v) is 3.67. The third-order valence-electron chi connectivity index (χ3n) is 0. The Bertz CT molecular complexity index is 163. The van der Waals surface area contributed by atoms with Gasteiger partial charge in [-0.2, -0.15) is 0 Å². The second kappa shape index (κ2) is 29.8. The molecule has 0 amide bonds. The molecule has 0 unspecified atom stereocenters. The van der Waals surface area contributed by atoms with Gasteiger partial charge in [0.25, 0.3) is 11.9 Å². The molecular formula is C8H16CaO9. The molecular weight excluding hydrogens is 280 g/mol. The van der Waals surface area contributed by atoms with E-state index in [2.05, 4.69) is 0 Å². The molecule has 0 aromatic carbocycles. The first-order chi connectivity index (χ1) is 6.93. The van der Waals surface area contributed by atoms with Crippen molar-refractivity contribution in [2.45, 2.75) is 27.7 Å². The number of hydrogen-bond acceptors (Lipinski definition) is 6. The van der Waals surface area contributed by atoms with Gasteiger partial charge in [-0.05, 0) is 13.8 Å². The van der Waals surface area contributed by atoms with Gasteiger partial charge < -0.3 is 35.5 Å². The van der Waals surface area contributed by atoms with Gasteiger partial charge in [0, 0.05) is 25.8 Å². The van der Waals surface area contributed by atoms with Crippen molar-refractivity contribution >= 4 is 61.6 Å². The largest absolute Gasteiger partial charge is 2.00 e. The van der Waals surface area contributed by atoms with Crippen LogP contribution in [0.15, 0.2) is 0 Å². The van der Waals surface area contributed by atoms with Gasteiger partial charge in [-0.1, -0.05) is 0 Å². The number of carboxylic acid groups (broad SMARTS) is 4. The molecule has 0 fully saturated rings. The van der Waals surface area contributed by atoms with Crippen LogP contribution in [0, 0.1) is 0 Å². The SMILES string of the molecule is CC(=O)O.CC(=O)O.CC(=O)[O-].CC(=O)[O-].O.[Ca+2]. The maximum absolute atomic E-state index is 9.00. The van der Waals surface area contributed by atoms with Gasteiger partial charge in [0.15, 0.2) is 0 Å². The Kier molecular flexibility index (Phi) is 59.5. The van der Waals surface area contributed by atoms with Crippen LogP contribution >= 0.6 is 0 Å². The van der Waals surface area contributed by atoms with E-state index in [1.54, 1.807) is 0 Å². The molecule has 0 atom stereocenters. The van der Waals surface area contributed by atoms with Crippen LogP contribution in [-0.2, 0) is 19.2 Å². The van der Waals surface area contributed by atoms with E-state index in [-0.39, 0.29) is 43.2 Å². The Labute approximate surface area is 134 Å². The Morgan fingerprint density at radius 2 is 0.722 bits per heavy atom. The van der Waals surface area contributed by atoms with Crippen LogP contribution < -0.4 is 10.2 Å². The molecule has 0 aromatic heterocycles. The standard InChI is InChI=1S/4C2H4O2.Ca.H2O/c4*1-2(3)4;;/h4*1H3,(H,3,4);;1H2/q;;;;+2;/p-2. The minimum atomic E-state index is -1.08. The van der Waals surface area contributed by atoms with Crippen molar-refractivity contribution in [2.75, 3.05) is 0 Å². The summed E-state index contributed by atoms with van der Waals surface area (Å²) in [6.07, 6.45) is 0. The van der Waals surface area contributed by atoms with Gasteiger partial charge in [-0.15, -0.1) is 0 Å². The second-order valence-electron chi connectivity index (χ2n) is 2.02. The average molecular weight is 296 g/mol. The quantitative estimate of drug-likeness (QED) is 0.430. The summed E-state index contributed by atoms with van der Waals surface area (Å²) in [5.41, 5.74) is 0. The van der Waals surface area contributed by atoms with Crippen molar-refractivity contribution in [1.82, 2.24) is 0 Å². The molecule has 0 saturated carbocycles. The summed E-state index contributed by atoms with van der Waals surface area (Å²) in [4.78, 5) is 35.8. The van der Waals surface area contributed by atoms with Crippen LogP contribution in [0.3, 0.4) is 0 Å². The fourth-order valence-corrected chi connectivity index (χ4v) is 0. The fourth-order valence-electron chi connectivity index (χ4n) is 0. The summed E-state index contributed by atoms with van der Waals surface area (Å²) in [6, 6.07) is 0. The van der Waals surface area contributed by atoms with E-state index in [0.29, 0.717) is 0 Å². The third-order valence-corrected chi connectivity index (χ3v) is 0. The molecule has 0 heterocycles. The zero-order valence-corrected chi connectivity index (χ0v) is 12.8. The van der Waals surface area contributed by atoms with E-state index in [9.17, 15) is 0 Å². The van der Waals surface area contributed by atoms with Crippen molar-refractivity contribution in [3.05, 3.63) is 0 Å². The molecule has 10 heteroatoms. The van der Waals surface area contributed by atoms with E-state index in [1.807, 2.05) is 0 Å². The molecule has 18 heavy (non-hydrogen) atoms. The van der Waals surface area contributed by atoms with Crippen LogP contribution in [0.1, 0.15) is 27.7 Å². The molecule has 9 nitrogen and oxygen atoms in total. The molecule has 0 rings (SSSR count). The van der Waals surface area contributed by atoms with Gasteiger partial charge in [0.05, 0.1) is 0 Å². The van der Waals surface area contributed by atoms with Crippen LogP contribution in [0.4, 0.5) is 0 Å². The topological polar surface area (TPSA) is 186 Å². The Morgan fingerprint density at radius 1 is 0.722 bits per heavy atom. The second-order valence-corrected chi connectivity index (χ2v) is 2.02. The summed E-state index contributed by atoms with van der Waals surface area (Å²) in [5, 5.41) is 32.6. The van der Waals surface area contributed by atoms with E-state index in [4.69, 9.17) is 39.6 Å². The number of carboxylic acids is 4. The first kappa shape index (κ1) is 36.0. The van der Waals surface area contributed by atoms with E-state index in [0.717, 1.165) is 27.7 Å². The molecule has 0 aliphatic carbocycles. The van der Waals surface area contributed by atoms with Gasteiger partial charge in [0.2, 0.25) is 0 Å². The molecule has 0 spiro atoms. The van der Waals surface area contributed by atoms with Gasteiger partial charge in [-0.25, -0.2) is 0 Å². The minimum absolute atomic E-state index is 0. The summed E-state index contributed by atoms with van der Waals surface area (Å²) < 4.78 is 0. The van der Waals surface area contributed by atoms with Crippen molar-refractivity contribution in [2.24, 2.45) is 0 Å². The number of carbonyl (C=O) groups excluding carboxylic acids is 2. The first-order valence-electron chi connectivity index (χ1n) is 3.67. The van der Waals surface area contributed by atoms with E-state index >= 15 is 0 Å². The molecule has 104 valence electrons. The zero-order valence-electron chi connectivity index (χ0n) is 10.6. The number of carbonyl (C=O) groups is 4. The molecule has 0 radical (unpaired) electrons. The van der Waals surface area contributed by atoms with Crippen LogP contribution in [0.2, 0.25) is 0 Å². The predicted octanol–water partition coefficient (Wildman–Crippen LogP) is -3.51. The Balaban J connectivity index is -0.0000000257. The molecule has 4 N–H and O–H groups in total. The van der Waals surface area contributed by atoms with Crippen molar-refractivity contribution < 1.29 is 45.1 Å². The maximum Gasteiger partial charge on any atom is 2.00 e. The smallest absolute Gasteiger partial charge is 0.550 e. The summed E-state index contributed by atoms with van der Waals surface area (Å²) in [5.74, 6) is -3.83. The normalized spacial score (nSPS) is 5.56. The number of rotatable bonds is 0. The van der Waals surface area contributed by atoms with Gasteiger partial charge in [0.1, 0.15) is 0 Å². The van der Waals surface area contributed by atoms with Gasteiger partial charge in [-0.3, -0.25) is 9.59 Å². The molecule has 0 aliphatic rings. The molecule has 0 aromatic rings.